The number of amides is 1. The molecule has 1 amide bonds. The Labute approximate surface area is 195 Å². The summed E-state index contributed by atoms with van der Waals surface area (Å²) in [7, 11) is 1.51. The molecule has 0 aromatic carbocycles. The number of carbonyl (C=O) groups is 2. The molecular formula is C26H35N3O4. The molecule has 3 heterocycles. The number of ether oxygens (including phenoxy) is 1. The van der Waals surface area contributed by atoms with E-state index in [-0.39, 0.29) is 23.3 Å². The van der Waals surface area contributed by atoms with E-state index in [0.717, 1.165) is 75.8 Å². The number of rotatable bonds is 7. The van der Waals surface area contributed by atoms with Crippen LogP contribution in [0.25, 0.3) is 11.3 Å². The highest BCUT2D eigenvalue weighted by molar-refractivity contribution is 5.97. The Bertz CT molecular complexity index is 939. The van der Waals surface area contributed by atoms with Crippen LogP contribution in [0.5, 0.6) is 0 Å². The average molecular weight is 454 g/mol. The number of nitrogens with one attached hydrogen (secondary N) is 1. The first-order valence-electron chi connectivity index (χ1n) is 12.1. The van der Waals surface area contributed by atoms with Gasteiger partial charge in [-0.25, -0.2) is 0 Å². The van der Waals surface area contributed by atoms with Gasteiger partial charge in [-0.2, -0.15) is 0 Å². The van der Waals surface area contributed by atoms with E-state index in [1.54, 1.807) is 12.3 Å². The highest BCUT2D eigenvalue weighted by atomic mass is 16.5. The largest absolute Gasteiger partial charge is 0.469 e. The van der Waals surface area contributed by atoms with E-state index in [1.165, 1.54) is 19.8 Å². The van der Waals surface area contributed by atoms with Crippen molar-refractivity contribution in [2.45, 2.75) is 64.3 Å². The second kappa shape index (κ2) is 10.5. The number of furan rings is 1. The molecule has 2 fully saturated rings. The lowest BCUT2D eigenvalue weighted by Crippen LogP contribution is -2.46. The minimum atomic E-state index is -0.308. The lowest BCUT2D eigenvalue weighted by atomic mass is 9.71. The molecule has 0 bridgehead atoms. The second-order valence-electron chi connectivity index (χ2n) is 9.56. The lowest BCUT2D eigenvalue weighted by molar-refractivity contribution is -0.155. The summed E-state index contributed by atoms with van der Waals surface area (Å²) in [6.45, 7) is 4.70. The van der Waals surface area contributed by atoms with Crippen molar-refractivity contribution in [2.75, 3.05) is 26.7 Å². The van der Waals surface area contributed by atoms with Gasteiger partial charge in [0.05, 0.1) is 30.0 Å². The summed E-state index contributed by atoms with van der Waals surface area (Å²) in [6, 6.07) is 5.78. The van der Waals surface area contributed by atoms with Gasteiger partial charge in [0.1, 0.15) is 0 Å². The minimum absolute atomic E-state index is 0.0401. The number of hydrogen-bond acceptors (Lipinski definition) is 6. The fraction of sp³-hybridized carbons (Fsp3) is 0.577. The Morgan fingerprint density at radius 1 is 1.18 bits per heavy atom. The molecule has 178 valence electrons. The lowest BCUT2D eigenvalue weighted by Gasteiger charge is -2.38. The van der Waals surface area contributed by atoms with Crippen molar-refractivity contribution in [1.82, 2.24) is 15.2 Å². The van der Waals surface area contributed by atoms with Crippen LogP contribution in [0.3, 0.4) is 0 Å². The van der Waals surface area contributed by atoms with Crippen molar-refractivity contribution in [3.63, 3.8) is 0 Å². The van der Waals surface area contributed by atoms with E-state index in [1.807, 2.05) is 19.1 Å². The number of hydrogen-bond donors (Lipinski definition) is 1. The van der Waals surface area contributed by atoms with Crippen LogP contribution in [0.2, 0.25) is 0 Å². The van der Waals surface area contributed by atoms with E-state index in [9.17, 15) is 9.59 Å². The number of pyridine rings is 1. The number of likely N-dealkylation sites (tertiary alicyclic amines) is 1. The van der Waals surface area contributed by atoms with Crippen molar-refractivity contribution in [3.8, 4) is 11.3 Å². The fourth-order valence-corrected chi connectivity index (χ4v) is 5.24. The first-order valence-corrected chi connectivity index (χ1v) is 12.1. The van der Waals surface area contributed by atoms with E-state index in [0.29, 0.717) is 11.3 Å². The van der Waals surface area contributed by atoms with Crippen molar-refractivity contribution < 1.29 is 18.7 Å². The maximum atomic E-state index is 12.9. The van der Waals surface area contributed by atoms with Crippen LogP contribution < -0.4 is 5.32 Å². The number of carbonyl (C=O) groups excluding carboxylic acids is 2. The van der Waals surface area contributed by atoms with Crippen LogP contribution in [0.1, 0.15) is 67.5 Å². The van der Waals surface area contributed by atoms with Gasteiger partial charge in [-0.05, 0) is 63.3 Å². The van der Waals surface area contributed by atoms with E-state index in [2.05, 4.69) is 15.2 Å². The molecule has 1 N–H and O–H groups in total. The Balaban J connectivity index is 1.28. The van der Waals surface area contributed by atoms with E-state index < -0.39 is 0 Å². The molecule has 1 saturated heterocycles. The topological polar surface area (TPSA) is 84.7 Å². The predicted molar refractivity (Wildman–Crippen MR) is 126 cm³/mol. The van der Waals surface area contributed by atoms with Gasteiger partial charge in [-0.15, -0.1) is 0 Å². The highest BCUT2D eigenvalue weighted by Crippen LogP contribution is 2.40. The smallest absolute Gasteiger partial charge is 0.311 e. The van der Waals surface area contributed by atoms with Gasteiger partial charge in [0.2, 0.25) is 5.76 Å². The molecule has 2 aromatic heterocycles. The Morgan fingerprint density at radius 3 is 2.61 bits per heavy atom. The molecule has 1 aliphatic carbocycles. The summed E-state index contributed by atoms with van der Waals surface area (Å²) >= 11 is 0. The first kappa shape index (κ1) is 23.5. The molecule has 7 nitrogen and oxygen atoms in total. The zero-order valence-electron chi connectivity index (χ0n) is 19.8. The average Bonchev–Trinajstić information content (AvgIpc) is 3.34. The molecule has 1 aliphatic heterocycles. The van der Waals surface area contributed by atoms with Gasteiger partial charge in [-0.1, -0.05) is 25.3 Å². The van der Waals surface area contributed by atoms with Gasteiger partial charge in [0, 0.05) is 25.3 Å². The molecule has 0 unspecified atom stereocenters. The normalized spacial score (nSPS) is 19.2. The molecule has 0 spiro atoms. The van der Waals surface area contributed by atoms with Crippen molar-refractivity contribution in [2.24, 2.45) is 5.41 Å². The molecule has 7 heteroatoms. The highest BCUT2D eigenvalue weighted by Gasteiger charge is 2.40. The summed E-state index contributed by atoms with van der Waals surface area (Å²) in [5, 5.41) is 3.14. The van der Waals surface area contributed by atoms with Crippen LogP contribution in [0, 0.1) is 12.3 Å². The molecule has 0 atom stereocenters. The standard InChI is InChI=1S/C26H35N3O4/c1-19-6-7-22(27-18-19)21-10-17-33-23(21)24(30)28-20-8-14-29(15-9-20)16-13-26(25(31)32-2)11-4-3-5-12-26/h6-7,10,17-18,20H,3-5,8-9,11-16H2,1-2H3,(H,28,30). The van der Waals surface area contributed by atoms with Crippen LogP contribution in [-0.2, 0) is 9.53 Å². The Kier molecular flexibility index (Phi) is 7.48. The van der Waals surface area contributed by atoms with Gasteiger partial charge in [0.25, 0.3) is 5.91 Å². The number of piperidine rings is 1. The summed E-state index contributed by atoms with van der Waals surface area (Å²) in [4.78, 5) is 32.2. The molecule has 4 rings (SSSR count). The van der Waals surface area contributed by atoms with Crippen LogP contribution in [0.15, 0.2) is 35.1 Å². The number of methoxy groups -OCH3 is 1. The van der Waals surface area contributed by atoms with Crippen LogP contribution >= 0.6 is 0 Å². The second-order valence-corrected chi connectivity index (χ2v) is 9.56. The van der Waals surface area contributed by atoms with Gasteiger partial charge in [-0.3, -0.25) is 14.6 Å². The summed E-state index contributed by atoms with van der Waals surface area (Å²) in [5.74, 6) is 0.0791. The fourth-order valence-electron chi connectivity index (χ4n) is 5.24. The first-order chi connectivity index (χ1) is 16.0. The molecule has 2 aromatic rings. The van der Waals surface area contributed by atoms with Gasteiger partial charge < -0.3 is 19.4 Å². The number of aryl methyl sites for hydroxylation is 1. The molecule has 1 saturated carbocycles. The predicted octanol–water partition coefficient (Wildman–Crippen LogP) is 4.36. The number of nitrogens with zero attached hydrogens (tertiary/aromatic N) is 2. The third-order valence-corrected chi connectivity index (χ3v) is 7.32. The molecular weight excluding hydrogens is 418 g/mol. The van der Waals surface area contributed by atoms with Gasteiger partial charge in [0.15, 0.2) is 0 Å². The SMILES string of the molecule is COC(=O)C1(CCN2CCC(NC(=O)c3occc3-c3ccc(C)cn3)CC2)CCCCC1. The van der Waals surface area contributed by atoms with E-state index >= 15 is 0 Å². The Morgan fingerprint density at radius 2 is 1.94 bits per heavy atom. The maximum Gasteiger partial charge on any atom is 0.311 e. The number of aromatic nitrogens is 1. The molecule has 33 heavy (non-hydrogen) atoms. The molecule has 0 radical (unpaired) electrons. The van der Waals surface area contributed by atoms with Crippen molar-refractivity contribution in [3.05, 3.63) is 42.0 Å². The van der Waals surface area contributed by atoms with Crippen LogP contribution in [-0.4, -0.2) is 54.5 Å². The van der Waals surface area contributed by atoms with Crippen LogP contribution in [0.4, 0.5) is 0 Å². The monoisotopic (exact) mass is 453 g/mol. The summed E-state index contributed by atoms with van der Waals surface area (Å²) in [6.07, 6.45) is 11.3. The number of esters is 1. The van der Waals surface area contributed by atoms with Crippen molar-refractivity contribution in [1.29, 1.82) is 0 Å². The zero-order valence-corrected chi connectivity index (χ0v) is 19.8. The third-order valence-electron chi connectivity index (χ3n) is 7.32. The maximum absolute atomic E-state index is 12.9. The third kappa shape index (κ3) is 5.46. The molecule has 2 aliphatic rings. The van der Waals surface area contributed by atoms with Gasteiger partial charge >= 0.3 is 5.97 Å². The summed E-state index contributed by atoms with van der Waals surface area (Å²) < 4.78 is 10.7. The Hall–Kier alpha value is -2.67. The van der Waals surface area contributed by atoms with E-state index in [4.69, 9.17) is 9.15 Å². The quantitative estimate of drug-likeness (QED) is 0.627. The van der Waals surface area contributed by atoms with Crippen molar-refractivity contribution >= 4 is 11.9 Å². The summed E-state index contributed by atoms with van der Waals surface area (Å²) in [5.41, 5.74) is 2.21. The minimum Gasteiger partial charge on any atom is -0.469 e. The zero-order chi connectivity index (χ0) is 23.3.